The van der Waals surface area contributed by atoms with Gasteiger partial charge in [-0.05, 0) is 91.1 Å². The number of carbonyl (C=O) groups excluding carboxylic acids is 1. The molecule has 0 radical (unpaired) electrons. The van der Waals surface area contributed by atoms with Crippen LogP contribution in [0.25, 0.3) is 0 Å². The average Bonchev–Trinajstić information content (AvgIpc) is 3.31. The molecule has 1 aromatic heterocycles. The zero-order valence-corrected chi connectivity index (χ0v) is 26.9. The Morgan fingerprint density at radius 3 is 2.56 bits per heavy atom. The van der Waals surface area contributed by atoms with Crippen LogP contribution >= 0.6 is 38.9 Å². The zero-order valence-electron chi connectivity index (χ0n) is 23.8. The van der Waals surface area contributed by atoms with Gasteiger partial charge in [0.25, 0.3) is 5.91 Å². The van der Waals surface area contributed by atoms with E-state index in [2.05, 4.69) is 73.2 Å². The third-order valence-electron chi connectivity index (χ3n) is 7.61. The second-order valence-corrected chi connectivity index (χ2v) is 14.1. The molecule has 41 heavy (non-hydrogen) atoms. The van der Waals surface area contributed by atoms with Gasteiger partial charge in [-0.2, -0.15) is 0 Å². The smallest absolute Gasteiger partial charge is 0.259 e. The van der Waals surface area contributed by atoms with Crippen molar-refractivity contribution in [1.29, 1.82) is 0 Å². The number of hydrogen-bond acceptors (Lipinski definition) is 4. The molecule has 5 rings (SSSR count). The lowest BCUT2D eigenvalue weighted by atomic mass is 9.72. The van der Waals surface area contributed by atoms with Crippen LogP contribution < -0.4 is 10.1 Å². The molecule has 4 nitrogen and oxygen atoms in total. The Balaban J connectivity index is 1.46. The molecule has 0 unspecified atom stereocenters. The Hall–Kier alpha value is -2.93. The normalized spacial score (nSPS) is 15.1. The molecule has 4 aromatic rings. The third-order valence-corrected chi connectivity index (χ3v) is 9.52. The first-order valence-electron chi connectivity index (χ1n) is 13.8. The van der Waals surface area contributed by atoms with Gasteiger partial charge in [0, 0.05) is 31.8 Å². The van der Waals surface area contributed by atoms with Gasteiger partial charge in [-0.3, -0.25) is 4.79 Å². The maximum Gasteiger partial charge on any atom is 0.259 e. The molecule has 3 aromatic carbocycles. The van der Waals surface area contributed by atoms with Gasteiger partial charge in [-0.1, -0.05) is 78.1 Å². The minimum atomic E-state index is -0.142. The van der Waals surface area contributed by atoms with E-state index >= 15 is 0 Å². The number of hydrogen-bond donors (Lipinski definition) is 1. The highest BCUT2D eigenvalue weighted by molar-refractivity contribution is 9.10. The van der Waals surface area contributed by atoms with E-state index in [1.54, 1.807) is 23.5 Å². The van der Waals surface area contributed by atoms with Crippen molar-refractivity contribution in [2.75, 3.05) is 5.32 Å². The highest BCUT2D eigenvalue weighted by Crippen LogP contribution is 2.45. The summed E-state index contributed by atoms with van der Waals surface area (Å²) in [6.07, 6.45) is 4.70. The number of amides is 1. The monoisotopic (exact) mass is 648 g/mol. The predicted octanol–water partition coefficient (Wildman–Crippen LogP) is 10.2. The van der Waals surface area contributed by atoms with E-state index in [1.807, 2.05) is 36.5 Å². The minimum Gasteiger partial charge on any atom is -0.488 e. The summed E-state index contributed by atoms with van der Waals surface area (Å²) in [5.74, 6) is 1.15. The highest BCUT2D eigenvalue weighted by Gasteiger charge is 2.33. The summed E-state index contributed by atoms with van der Waals surface area (Å²) >= 11 is 11.3. The first-order chi connectivity index (χ1) is 19.6. The quantitative estimate of drug-likeness (QED) is 0.203. The van der Waals surface area contributed by atoms with Crippen LogP contribution in [0.1, 0.15) is 64.7 Å². The van der Waals surface area contributed by atoms with Crippen molar-refractivity contribution < 1.29 is 9.53 Å². The van der Waals surface area contributed by atoms with Crippen LogP contribution in [0.5, 0.6) is 5.75 Å². The molecule has 1 aliphatic rings. The van der Waals surface area contributed by atoms with Gasteiger partial charge in [0.05, 0.1) is 5.56 Å². The van der Waals surface area contributed by atoms with Crippen LogP contribution in [-0.4, -0.2) is 12.1 Å². The lowest BCUT2D eigenvalue weighted by Gasteiger charge is -2.33. The molecule has 7 heteroatoms. The number of aryl methyl sites for hydroxylation is 1. The van der Waals surface area contributed by atoms with Gasteiger partial charge in [-0.25, -0.2) is 4.99 Å². The SMILES string of the molecule is Cc1ccc(COc2ccc(Br)cc2C=Nc2sc3c(c2C(=O)Nc2ccc(Cl)cc2)CC[C@H](C(C)(C)C)C3)cc1. The number of aliphatic imine (C=N–C) groups is 1. The summed E-state index contributed by atoms with van der Waals surface area (Å²) in [5.41, 5.74) is 5.86. The largest absolute Gasteiger partial charge is 0.488 e. The van der Waals surface area contributed by atoms with Crippen molar-refractivity contribution >= 4 is 61.7 Å². The number of halogens is 2. The average molecular weight is 650 g/mol. The Labute approximate surface area is 260 Å². The van der Waals surface area contributed by atoms with Crippen LogP contribution in [0.15, 0.2) is 76.2 Å². The molecule has 1 amide bonds. The fourth-order valence-corrected chi connectivity index (χ4v) is 6.86. The van der Waals surface area contributed by atoms with Crippen molar-refractivity contribution in [1.82, 2.24) is 0 Å². The van der Waals surface area contributed by atoms with Gasteiger partial charge < -0.3 is 10.1 Å². The molecule has 0 fully saturated rings. The molecular formula is C34H34BrClN2O2S. The van der Waals surface area contributed by atoms with Crippen molar-refractivity contribution in [3.63, 3.8) is 0 Å². The van der Waals surface area contributed by atoms with E-state index in [9.17, 15) is 4.79 Å². The number of carbonyl (C=O) groups is 1. The molecule has 1 heterocycles. The van der Waals surface area contributed by atoms with E-state index in [-0.39, 0.29) is 11.3 Å². The Morgan fingerprint density at radius 2 is 1.85 bits per heavy atom. The van der Waals surface area contributed by atoms with Crippen LogP contribution in [0, 0.1) is 18.3 Å². The van der Waals surface area contributed by atoms with Crippen LogP contribution in [0.3, 0.4) is 0 Å². The lowest BCUT2D eigenvalue weighted by molar-refractivity contribution is 0.102. The summed E-state index contributed by atoms with van der Waals surface area (Å²) in [5, 5.41) is 4.42. The third kappa shape index (κ3) is 7.29. The minimum absolute atomic E-state index is 0.142. The Kier molecular flexibility index (Phi) is 9.03. The molecule has 0 aliphatic heterocycles. The molecule has 1 aliphatic carbocycles. The van der Waals surface area contributed by atoms with Gasteiger partial charge in [0.2, 0.25) is 0 Å². The van der Waals surface area contributed by atoms with E-state index in [4.69, 9.17) is 21.3 Å². The molecule has 1 atom stereocenters. The molecule has 0 spiro atoms. The molecule has 1 N–H and O–H groups in total. The van der Waals surface area contributed by atoms with Gasteiger partial charge in [0.15, 0.2) is 0 Å². The first kappa shape index (κ1) is 29.6. The first-order valence-corrected chi connectivity index (χ1v) is 15.8. The summed E-state index contributed by atoms with van der Waals surface area (Å²) in [7, 11) is 0. The van der Waals surface area contributed by atoms with Crippen molar-refractivity contribution in [3.05, 3.63) is 109 Å². The fraction of sp³-hybridized carbons (Fsp3) is 0.294. The number of anilines is 1. The number of thiophene rings is 1. The van der Waals surface area contributed by atoms with E-state index in [0.717, 1.165) is 51.2 Å². The van der Waals surface area contributed by atoms with E-state index in [0.29, 0.717) is 28.8 Å². The molecule has 0 bridgehead atoms. The topological polar surface area (TPSA) is 50.7 Å². The van der Waals surface area contributed by atoms with Gasteiger partial charge in [0.1, 0.15) is 17.4 Å². The molecule has 0 saturated heterocycles. The van der Waals surface area contributed by atoms with Gasteiger partial charge in [-0.15, -0.1) is 11.3 Å². The van der Waals surface area contributed by atoms with Crippen molar-refractivity contribution in [2.45, 2.75) is 53.6 Å². The van der Waals surface area contributed by atoms with Crippen LogP contribution in [0.2, 0.25) is 5.02 Å². The summed E-state index contributed by atoms with van der Waals surface area (Å²) < 4.78 is 7.14. The van der Waals surface area contributed by atoms with E-state index < -0.39 is 0 Å². The lowest BCUT2D eigenvalue weighted by Crippen LogP contribution is -2.27. The Morgan fingerprint density at radius 1 is 1.12 bits per heavy atom. The molecule has 0 saturated carbocycles. The number of rotatable bonds is 7. The molecular weight excluding hydrogens is 616 g/mol. The number of nitrogens with zero attached hydrogens (tertiary/aromatic N) is 1. The van der Waals surface area contributed by atoms with Crippen molar-refractivity contribution in [2.24, 2.45) is 16.3 Å². The zero-order chi connectivity index (χ0) is 29.1. The van der Waals surface area contributed by atoms with Crippen LogP contribution in [-0.2, 0) is 19.4 Å². The standard InChI is InChI=1S/C34H34BrClN2O2S/c1-21-5-7-22(8-6-21)20-40-29-16-10-25(35)17-23(29)19-37-33-31(32(39)38-27-13-11-26(36)12-14-27)28-15-9-24(34(2,3)4)18-30(28)41-33/h5-8,10-14,16-17,19,24H,9,15,18,20H2,1-4H3,(H,38,39)/t24-/m0/s1. The second kappa shape index (κ2) is 12.5. The van der Waals surface area contributed by atoms with E-state index in [1.165, 1.54) is 10.4 Å². The molecule has 212 valence electrons. The summed E-state index contributed by atoms with van der Waals surface area (Å²) in [4.78, 5) is 19.9. The number of benzene rings is 3. The van der Waals surface area contributed by atoms with Crippen LogP contribution in [0.4, 0.5) is 10.7 Å². The Bertz CT molecular complexity index is 1570. The number of nitrogens with one attached hydrogen (secondary N) is 1. The number of fused-ring (bicyclic) bond motifs is 1. The maximum absolute atomic E-state index is 13.7. The predicted molar refractivity (Wildman–Crippen MR) is 176 cm³/mol. The highest BCUT2D eigenvalue weighted by atomic mass is 79.9. The summed E-state index contributed by atoms with van der Waals surface area (Å²) in [6, 6.07) is 21.4. The summed E-state index contributed by atoms with van der Waals surface area (Å²) in [6.45, 7) is 9.43. The fourth-order valence-electron chi connectivity index (χ4n) is 5.09. The second-order valence-electron chi connectivity index (χ2n) is 11.7. The maximum atomic E-state index is 13.7. The van der Waals surface area contributed by atoms with Crippen molar-refractivity contribution in [3.8, 4) is 5.75 Å². The number of ether oxygens (including phenoxy) is 1. The van der Waals surface area contributed by atoms with Gasteiger partial charge >= 0.3 is 0 Å².